The van der Waals surface area contributed by atoms with Crippen LogP contribution in [0.3, 0.4) is 0 Å². The zero-order valence-electron chi connectivity index (χ0n) is 9.30. The summed E-state index contributed by atoms with van der Waals surface area (Å²) in [6.45, 7) is -0.277. The Morgan fingerprint density at radius 3 is 1.44 bits per heavy atom. The Morgan fingerprint density at radius 1 is 0.833 bits per heavy atom. The SMILES string of the molecule is O=C1C(Cl)=C(NCCO)C(=O)C(Cl)=C1NCCO. The Morgan fingerprint density at radius 2 is 1.17 bits per heavy atom. The minimum absolute atomic E-state index is 0.0775. The molecule has 0 aliphatic heterocycles. The highest BCUT2D eigenvalue weighted by atomic mass is 35.5. The average molecular weight is 295 g/mol. The van der Waals surface area contributed by atoms with E-state index in [9.17, 15) is 9.59 Å². The number of ketones is 2. The Hall–Kier alpha value is -1.08. The van der Waals surface area contributed by atoms with Crippen molar-refractivity contribution in [3.8, 4) is 0 Å². The van der Waals surface area contributed by atoms with Crippen molar-refractivity contribution in [3.63, 3.8) is 0 Å². The van der Waals surface area contributed by atoms with Crippen LogP contribution in [0, 0.1) is 0 Å². The summed E-state index contributed by atoms with van der Waals surface area (Å²) < 4.78 is 0. The van der Waals surface area contributed by atoms with Gasteiger partial charge in [0.2, 0.25) is 11.6 Å². The molecule has 4 N–H and O–H groups in total. The first kappa shape index (κ1) is 15.0. The van der Waals surface area contributed by atoms with Gasteiger partial charge in [-0.05, 0) is 0 Å². The number of aliphatic hydroxyl groups is 2. The van der Waals surface area contributed by atoms with Crippen LogP contribution in [0.2, 0.25) is 0 Å². The van der Waals surface area contributed by atoms with Gasteiger partial charge in [0, 0.05) is 13.1 Å². The van der Waals surface area contributed by atoms with Gasteiger partial charge in [-0.15, -0.1) is 0 Å². The van der Waals surface area contributed by atoms with E-state index in [0.717, 1.165) is 0 Å². The van der Waals surface area contributed by atoms with Crippen molar-refractivity contribution in [1.29, 1.82) is 0 Å². The summed E-state index contributed by atoms with van der Waals surface area (Å²) in [4.78, 5) is 23.7. The first-order valence-electron chi connectivity index (χ1n) is 5.13. The number of nitrogens with one attached hydrogen (secondary N) is 2. The summed E-state index contributed by atoms with van der Waals surface area (Å²) in [7, 11) is 0. The molecule has 0 unspecified atom stereocenters. The average Bonchev–Trinajstić information content (AvgIpc) is 2.37. The summed E-state index contributed by atoms with van der Waals surface area (Å²) in [5.41, 5.74) is -0.259. The smallest absolute Gasteiger partial charge is 0.224 e. The first-order valence-corrected chi connectivity index (χ1v) is 5.88. The summed E-state index contributed by atoms with van der Waals surface area (Å²) >= 11 is 11.5. The number of allylic oxidation sites excluding steroid dienone is 2. The van der Waals surface area contributed by atoms with Crippen molar-refractivity contribution in [2.45, 2.75) is 0 Å². The highest BCUT2D eigenvalue weighted by molar-refractivity contribution is 6.55. The molecule has 0 spiro atoms. The van der Waals surface area contributed by atoms with Crippen LogP contribution in [0.5, 0.6) is 0 Å². The van der Waals surface area contributed by atoms with Gasteiger partial charge in [-0.25, -0.2) is 0 Å². The second kappa shape index (κ2) is 6.75. The van der Waals surface area contributed by atoms with Crippen molar-refractivity contribution in [3.05, 3.63) is 21.5 Å². The second-order valence-corrected chi connectivity index (χ2v) is 4.09. The molecule has 1 rings (SSSR count). The number of hydrogen-bond donors (Lipinski definition) is 4. The van der Waals surface area contributed by atoms with E-state index in [1.165, 1.54) is 0 Å². The Balaban J connectivity index is 2.99. The van der Waals surface area contributed by atoms with E-state index in [2.05, 4.69) is 10.6 Å². The maximum absolute atomic E-state index is 11.8. The molecule has 1 aliphatic carbocycles. The number of carbonyl (C=O) groups is 2. The third-order valence-corrected chi connectivity index (χ3v) is 2.84. The molecule has 8 heteroatoms. The molecule has 0 bridgehead atoms. The van der Waals surface area contributed by atoms with E-state index in [4.69, 9.17) is 33.4 Å². The van der Waals surface area contributed by atoms with Gasteiger partial charge in [0.05, 0.1) is 13.2 Å². The fraction of sp³-hybridized carbons (Fsp3) is 0.400. The van der Waals surface area contributed by atoms with E-state index >= 15 is 0 Å². The Bertz CT molecular complexity index is 392. The van der Waals surface area contributed by atoms with E-state index < -0.39 is 11.6 Å². The van der Waals surface area contributed by atoms with Gasteiger partial charge in [-0.1, -0.05) is 23.2 Å². The van der Waals surface area contributed by atoms with E-state index in [1.54, 1.807) is 0 Å². The lowest BCUT2D eigenvalue weighted by atomic mass is 10.1. The summed E-state index contributed by atoms with van der Waals surface area (Å²) in [5, 5.41) is 21.8. The molecule has 0 aromatic rings. The predicted octanol–water partition coefficient (Wildman–Crippen LogP) is -0.797. The molecule has 0 atom stereocenters. The standard InChI is InChI=1S/C10H12Cl2N2O4/c11-5-7(13-1-3-15)9(17)6(12)8(10(5)18)14-2-4-16/h13-16H,1-4H2. The third-order valence-electron chi connectivity index (χ3n) is 2.12. The molecule has 0 radical (unpaired) electrons. The second-order valence-electron chi connectivity index (χ2n) is 3.34. The van der Waals surface area contributed by atoms with Crippen molar-refractivity contribution < 1.29 is 19.8 Å². The van der Waals surface area contributed by atoms with Gasteiger partial charge in [-0.3, -0.25) is 9.59 Å². The molecule has 0 heterocycles. The molecule has 0 aromatic carbocycles. The molecule has 0 amide bonds. The van der Waals surface area contributed by atoms with Crippen LogP contribution in [0.15, 0.2) is 21.5 Å². The monoisotopic (exact) mass is 294 g/mol. The summed E-state index contributed by atoms with van der Waals surface area (Å²) in [5.74, 6) is -1.26. The van der Waals surface area contributed by atoms with Crippen LogP contribution < -0.4 is 10.6 Å². The molecule has 100 valence electrons. The Labute approximate surface area is 113 Å². The Kier molecular flexibility index (Phi) is 5.61. The normalized spacial score (nSPS) is 16.4. The lowest BCUT2D eigenvalue weighted by Crippen LogP contribution is -2.35. The molecule has 18 heavy (non-hydrogen) atoms. The van der Waals surface area contributed by atoms with E-state index in [1.807, 2.05) is 0 Å². The van der Waals surface area contributed by atoms with Crippen LogP contribution in [0.4, 0.5) is 0 Å². The largest absolute Gasteiger partial charge is 0.395 e. The topological polar surface area (TPSA) is 98.7 Å². The fourth-order valence-corrected chi connectivity index (χ4v) is 1.82. The van der Waals surface area contributed by atoms with Crippen molar-refractivity contribution in [2.75, 3.05) is 26.3 Å². The van der Waals surface area contributed by atoms with Crippen LogP contribution in [0.1, 0.15) is 0 Å². The first-order chi connectivity index (χ1) is 8.54. The highest BCUT2D eigenvalue weighted by Crippen LogP contribution is 2.26. The lowest BCUT2D eigenvalue weighted by Gasteiger charge is -2.19. The number of rotatable bonds is 6. The predicted molar refractivity (Wildman–Crippen MR) is 65.9 cm³/mol. The zero-order chi connectivity index (χ0) is 13.7. The highest BCUT2D eigenvalue weighted by Gasteiger charge is 2.32. The quantitative estimate of drug-likeness (QED) is 0.479. The van der Waals surface area contributed by atoms with Crippen LogP contribution >= 0.6 is 23.2 Å². The number of carbonyl (C=O) groups excluding carboxylic acids is 2. The molecule has 1 aliphatic rings. The maximum atomic E-state index is 11.8. The molecular formula is C10H12Cl2N2O4. The molecule has 0 aromatic heterocycles. The van der Waals surface area contributed by atoms with Crippen molar-refractivity contribution in [2.24, 2.45) is 0 Å². The number of Topliss-reactive ketones (excluding diaryl/α,β-unsaturated/α-hetero) is 2. The van der Waals surface area contributed by atoms with Gasteiger partial charge in [0.1, 0.15) is 21.5 Å². The van der Waals surface area contributed by atoms with Gasteiger partial charge in [0.15, 0.2) is 0 Å². The van der Waals surface area contributed by atoms with E-state index in [-0.39, 0.29) is 47.8 Å². The summed E-state index contributed by atoms with van der Waals surface area (Å²) in [6.07, 6.45) is 0. The van der Waals surface area contributed by atoms with Gasteiger partial charge >= 0.3 is 0 Å². The summed E-state index contributed by atoms with van der Waals surface area (Å²) in [6, 6.07) is 0. The van der Waals surface area contributed by atoms with E-state index in [0.29, 0.717) is 0 Å². The van der Waals surface area contributed by atoms with Crippen molar-refractivity contribution >= 4 is 34.8 Å². The maximum Gasteiger partial charge on any atom is 0.224 e. The zero-order valence-corrected chi connectivity index (χ0v) is 10.8. The third kappa shape index (κ3) is 3.02. The molecule has 0 saturated heterocycles. The number of aliphatic hydroxyl groups excluding tert-OH is 2. The van der Waals surface area contributed by atoms with Gasteiger partial charge in [-0.2, -0.15) is 0 Å². The molecular weight excluding hydrogens is 283 g/mol. The molecule has 0 saturated carbocycles. The molecule has 6 nitrogen and oxygen atoms in total. The van der Waals surface area contributed by atoms with Gasteiger partial charge < -0.3 is 20.8 Å². The fourth-order valence-electron chi connectivity index (χ4n) is 1.32. The number of hydrogen-bond acceptors (Lipinski definition) is 6. The van der Waals surface area contributed by atoms with Gasteiger partial charge in [0.25, 0.3) is 0 Å². The minimum atomic E-state index is -0.629. The van der Waals surface area contributed by atoms with Crippen LogP contribution in [-0.2, 0) is 9.59 Å². The van der Waals surface area contributed by atoms with Crippen molar-refractivity contribution in [1.82, 2.24) is 10.6 Å². The van der Waals surface area contributed by atoms with Crippen LogP contribution in [-0.4, -0.2) is 48.1 Å². The van der Waals surface area contributed by atoms with Crippen LogP contribution in [0.25, 0.3) is 0 Å². The molecule has 0 fully saturated rings. The number of halogens is 2. The minimum Gasteiger partial charge on any atom is -0.395 e. The lowest BCUT2D eigenvalue weighted by molar-refractivity contribution is -0.116.